The molecule has 27 heavy (non-hydrogen) atoms. The van der Waals surface area contributed by atoms with Crippen molar-refractivity contribution in [1.29, 1.82) is 0 Å². The molecule has 1 unspecified atom stereocenters. The van der Waals surface area contributed by atoms with Crippen molar-refractivity contribution < 1.29 is 9.84 Å². The Kier molecular flexibility index (Phi) is 8.05. The number of aliphatic hydroxyl groups excluding tert-OH is 1. The first-order valence-corrected chi connectivity index (χ1v) is 9.96. The van der Waals surface area contributed by atoms with Crippen molar-refractivity contribution in [3.8, 4) is 5.75 Å². The fourth-order valence-corrected chi connectivity index (χ4v) is 2.83. The van der Waals surface area contributed by atoms with Gasteiger partial charge in [0, 0.05) is 12.4 Å². The number of nitrogens with zero attached hydrogens (tertiary/aromatic N) is 1. The van der Waals surface area contributed by atoms with E-state index in [1.54, 1.807) is 12.4 Å². The van der Waals surface area contributed by atoms with Gasteiger partial charge in [-0.15, -0.1) is 0 Å². The Bertz CT molecular complexity index is 699. The summed E-state index contributed by atoms with van der Waals surface area (Å²) >= 11 is 0. The molecule has 1 N–H and O–H groups in total. The Morgan fingerprint density at radius 3 is 2.44 bits per heavy atom. The van der Waals surface area contributed by atoms with Gasteiger partial charge in [-0.3, -0.25) is 4.98 Å². The molecule has 0 aliphatic heterocycles. The lowest BCUT2D eigenvalue weighted by molar-refractivity contribution is 0.0641. The largest absolute Gasteiger partial charge is 0.459 e. The molecule has 1 aromatic carbocycles. The molecular weight excluding hydrogens is 334 g/mol. The van der Waals surface area contributed by atoms with Crippen LogP contribution in [0.15, 0.2) is 54.6 Å². The maximum atomic E-state index is 10.8. The molecule has 2 aromatic rings. The predicted molar refractivity (Wildman–Crippen MR) is 113 cm³/mol. The predicted octanol–water partition coefficient (Wildman–Crippen LogP) is 6.03. The summed E-state index contributed by atoms with van der Waals surface area (Å²) in [6.45, 7) is 8.22. The number of rotatable bonds is 9. The molecule has 0 bridgehead atoms. The van der Waals surface area contributed by atoms with E-state index in [2.05, 4.69) is 24.0 Å². The number of ether oxygens (including phenoxy) is 1. The van der Waals surface area contributed by atoms with E-state index in [9.17, 15) is 5.11 Å². The lowest BCUT2D eigenvalue weighted by atomic mass is 9.87. The molecule has 1 atom stereocenters. The second-order valence-electron chi connectivity index (χ2n) is 8.16. The number of aromatic nitrogens is 1. The van der Waals surface area contributed by atoms with Crippen LogP contribution in [0.2, 0.25) is 0 Å². The van der Waals surface area contributed by atoms with E-state index in [0.717, 1.165) is 17.7 Å². The molecule has 0 saturated heterocycles. The van der Waals surface area contributed by atoms with E-state index < -0.39 is 6.10 Å². The first-order chi connectivity index (χ1) is 12.9. The molecular formula is C24H33NO2. The van der Waals surface area contributed by atoms with E-state index >= 15 is 0 Å². The minimum Gasteiger partial charge on any atom is -0.459 e. The summed E-state index contributed by atoms with van der Waals surface area (Å²) in [4.78, 5) is 4.14. The number of benzene rings is 1. The number of aryl methyl sites for hydroxylation is 1. The summed E-state index contributed by atoms with van der Waals surface area (Å²) < 4.78 is 6.09. The summed E-state index contributed by atoms with van der Waals surface area (Å²) in [6.07, 6.45) is 10.8. The molecule has 1 heterocycles. The van der Waals surface area contributed by atoms with Crippen LogP contribution in [-0.2, 0) is 6.42 Å². The summed E-state index contributed by atoms with van der Waals surface area (Å²) in [7, 11) is 0. The van der Waals surface area contributed by atoms with E-state index in [1.807, 2.05) is 51.1 Å². The van der Waals surface area contributed by atoms with Gasteiger partial charge in [0.25, 0.3) is 0 Å². The van der Waals surface area contributed by atoms with Gasteiger partial charge in [-0.25, -0.2) is 0 Å². The van der Waals surface area contributed by atoms with Crippen molar-refractivity contribution >= 4 is 6.08 Å². The molecule has 0 fully saturated rings. The van der Waals surface area contributed by atoms with Crippen molar-refractivity contribution in [3.05, 3.63) is 65.7 Å². The van der Waals surface area contributed by atoms with Gasteiger partial charge in [0.15, 0.2) is 0 Å². The second-order valence-corrected chi connectivity index (χ2v) is 8.16. The number of aliphatic hydroxyl groups is 1. The fraction of sp³-hybridized carbons (Fsp3) is 0.458. The van der Waals surface area contributed by atoms with Crippen LogP contribution in [-0.4, -0.2) is 16.2 Å². The maximum absolute atomic E-state index is 10.8. The highest BCUT2D eigenvalue weighted by Crippen LogP contribution is 2.28. The van der Waals surface area contributed by atoms with Crippen molar-refractivity contribution in [1.82, 2.24) is 4.98 Å². The number of pyridine rings is 1. The molecule has 0 aliphatic carbocycles. The topological polar surface area (TPSA) is 42.4 Å². The zero-order chi connectivity index (χ0) is 19.7. The van der Waals surface area contributed by atoms with Crippen molar-refractivity contribution in [3.63, 3.8) is 0 Å². The van der Waals surface area contributed by atoms with Crippen LogP contribution < -0.4 is 4.74 Å². The lowest BCUT2D eigenvalue weighted by Gasteiger charge is -2.28. The molecule has 3 nitrogen and oxygen atoms in total. The van der Waals surface area contributed by atoms with E-state index in [1.165, 1.54) is 31.2 Å². The first kappa shape index (κ1) is 21.2. The molecule has 2 rings (SSSR count). The fourth-order valence-electron chi connectivity index (χ4n) is 2.83. The van der Waals surface area contributed by atoms with Gasteiger partial charge in [-0.05, 0) is 53.7 Å². The third kappa shape index (κ3) is 7.18. The highest BCUT2D eigenvalue weighted by Gasteiger charge is 2.27. The summed E-state index contributed by atoms with van der Waals surface area (Å²) in [6, 6.07) is 12.0. The molecule has 0 radical (unpaired) electrons. The van der Waals surface area contributed by atoms with Gasteiger partial charge in [-0.1, -0.05) is 65.2 Å². The van der Waals surface area contributed by atoms with Crippen LogP contribution in [0.5, 0.6) is 5.75 Å². The van der Waals surface area contributed by atoms with E-state index in [-0.39, 0.29) is 5.41 Å². The van der Waals surface area contributed by atoms with E-state index in [4.69, 9.17) is 4.74 Å². The zero-order valence-electron chi connectivity index (χ0n) is 17.1. The third-order valence-corrected chi connectivity index (χ3v) is 4.56. The van der Waals surface area contributed by atoms with E-state index in [0.29, 0.717) is 5.76 Å². The Morgan fingerprint density at radius 1 is 1.11 bits per heavy atom. The monoisotopic (exact) mass is 367 g/mol. The number of hydrogen-bond donors (Lipinski definition) is 1. The minimum absolute atomic E-state index is 0.326. The van der Waals surface area contributed by atoms with Crippen LogP contribution in [0.3, 0.4) is 0 Å². The average Bonchev–Trinajstić information content (AvgIpc) is 2.65. The van der Waals surface area contributed by atoms with Gasteiger partial charge < -0.3 is 9.84 Å². The third-order valence-electron chi connectivity index (χ3n) is 4.56. The lowest BCUT2D eigenvalue weighted by Crippen LogP contribution is -2.30. The molecule has 0 amide bonds. The second kappa shape index (κ2) is 10.3. The average molecular weight is 368 g/mol. The van der Waals surface area contributed by atoms with Crippen molar-refractivity contribution in [2.75, 3.05) is 0 Å². The SMILES string of the molecule is CCCCCCc1ccc(O/C(=C/c2cccnc2)C(O)C(C)(C)C)cc1. The van der Waals surface area contributed by atoms with Crippen LogP contribution in [0, 0.1) is 5.41 Å². The van der Waals surface area contributed by atoms with Crippen LogP contribution in [0.25, 0.3) is 6.08 Å². The highest BCUT2D eigenvalue weighted by atomic mass is 16.5. The van der Waals surface area contributed by atoms with Crippen LogP contribution in [0.1, 0.15) is 64.5 Å². The summed E-state index contributed by atoms with van der Waals surface area (Å²) in [5.74, 6) is 1.27. The Morgan fingerprint density at radius 2 is 1.85 bits per heavy atom. The molecule has 1 aromatic heterocycles. The molecule has 146 valence electrons. The normalized spacial score (nSPS) is 13.4. The molecule has 3 heteroatoms. The van der Waals surface area contributed by atoms with Crippen LogP contribution in [0.4, 0.5) is 0 Å². The first-order valence-electron chi connectivity index (χ1n) is 9.96. The quantitative estimate of drug-likeness (QED) is 0.434. The summed E-state index contributed by atoms with van der Waals surface area (Å²) in [5.41, 5.74) is 1.91. The minimum atomic E-state index is -0.716. The van der Waals surface area contributed by atoms with Crippen molar-refractivity contribution in [2.24, 2.45) is 5.41 Å². The van der Waals surface area contributed by atoms with Gasteiger partial charge in [-0.2, -0.15) is 0 Å². The smallest absolute Gasteiger partial charge is 0.134 e. The standard InChI is InChI=1S/C24H33NO2/c1-5-6-7-8-10-19-12-14-21(15-13-19)27-22(23(26)24(2,3)4)17-20-11-9-16-25-18-20/h9,11-18,23,26H,5-8,10H2,1-4H3/b22-17+. The number of unbranched alkanes of at least 4 members (excludes halogenated alkanes) is 3. The van der Waals surface area contributed by atoms with Crippen molar-refractivity contribution in [2.45, 2.75) is 65.9 Å². The highest BCUT2D eigenvalue weighted by molar-refractivity contribution is 5.52. The Balaban J connectivity index is 2.12. The zero-order valence-corrected chi connectivity index (χ0v) is 17.1. The summed E-state index contributed by atoms with van der Waals surface area (Å²) in [5, 5.41) is 10.8. The van der Waals surface area contributed by atoms with Gasteiger partial charge in [0.2, 0.25) is 0 Å². The molecule has 0 aliphatic rings. The molecule has 0 spiro atoms. The van der Waals surface area contributed by atoms with Crippen LogP contribution >= 0.6 is 0 Å². The Hall–Kier alpha value is -2.13. The Labute approximate surface area is 164 Å². The molecule has 0 saturated carbocycles. The van der Waals surface area contributed by atoms with Gasteiger partial charge in [0.05, 0.1) is 0 Å². The van der Waals surface area contributed by atoms with Gasteiger partial charge >= 0.3 is 0 Å². The number of hydrogen-bond acceptors (Lipinski definition) is 3. The maximum Gasteiger partial charge on any atom is 0.134 e. The van der Waals surface area contributed by atoms with Gasteiger partial charge in [0.1, 0.15) is 17.6 Å².